The SMILES string of the molecule is CC(C)NC(=O)CC(CN)N(C)Cc1nccn1C. The molecule has 1 aromatic heterocycles. The number of carbonyl (C=O) groups excluding carboxylic acids is 1. The van der Waals surface area contributed by atoms with Crippen LogP contribution in [0.25, 0.3) is 0 Å². The third-order valence-electron chi connectivity index (χ3n) is 3.08. The number of hydrogen-bond acceptors (Lipinski definition) is 4. The molecule has 0 aromatic carbocycles. The van der Waals surface area contributed by atoms with Gasteiger partial charge in [-0.25, -0.2) is 4.98 Å². The number of aryl methyl sites for hydroxylation is 1. The number of nitrogens with two attached hydrogens (primary N) is 1. The maximum absolute atomic E-state index is 11.8. The summed E-state index contributed by atoms with van der Waals surface area (Å²) in [7, 11) is 3.92. The summed E-state index contributed by atoms with van der Waals surface area (Å²) in [6, 6.07) is 0.182. The third-order valence-corrected chi connectivity index (χ3v) is 3.08. The van der Waals surface area contributed by atoms with Crippen LogP contribution in [0.5, 0.6) is 0 Å². The number of likely N-dealkylation sites (N-methyl/N-ethyl adjacent to an activating group) is 1. The van der Waals surface area contributed by atoms with Crippen molar-refractivity contribution in [3.63, 3.8) is 0 Å². The van der Waals surface area contributed by atoms with E-state index < -0.39 is 0 Å². The molecular weight excluding hydrogens is 242 g/mol. The third kappa shape index (κ3) is 5.00. The predicted molar refractivity (Wildman–Crippen MR) is 75.4 cm³/mol. The van der Waals surface area contributed by atoms with E-state index in [-0.39, 0.29) is 18.0 Å². The van der Waals surface area contributed by atoms with E-state index >= 15 is 0 Å². The number of nitrogens with one attached hydrogen (secondary N) is 1. The van der Waals surface area contributed by atoms with Gasteiger partial charge in [-0.2, -0.15) is 0 Å². The van der Waals surface area contributed by atoms with Gasteiger partial charge < -0.3 is 15.6 Å². The van der Waals surface area contributed by atoms with Gasteiger partial charge in [-0.1, -0.05) is 0 Å². The second kappa shape index (κ2) is 7.25. The van der Waals surface area contributed by atoms with Crippen molar-refractivity contribution < 1.29 is 4.79 Å². The van der Waals surface area contributed by atoms with E-state index in [1.54, 1.807) is 6.20 Å². The van der Waals surface area contributed by atoms with Crippen molar-refractivity contribution in [2.24, 2.45) is 12.8 Å². The van der Waals surface area contributed by atoms with Gasteiger partial charge in [-0.3, -0.25) is 9.69 Å². The maximum atomic E-state index is 11.8. The molecule has 6 heteroatoms. The van der Waals surface area contributed by atoms with E-state index in [9.17, 15) is 4.79 Å². The molecule has 1 atom stereocenters. The molecule has 19 heavy (non-hydrogen) atoms. The Labute approximate surface area is 115 Å². The van der Waals surface area contributed by atoms with Gasteiger partial charge in [0.1, 0.15) is 5.82 Å². The fraction of sp³-hybridized carbons (Fsp3) is 0.692. The molecule has 1 rings (SSSR count). The topological polar surface area (TPSA) is 76.2 Å². The Morgan fingerprint density at radius 3 is 2.74 bits per heavy atom. The Kier molecular flexibility index (Phi) is 5.98. The van der Waals surface area contributed by atoms with Crippen molar-refractivity contribution >= 4 is 5.91 Å². The molecular formula is C13H25N5O. The molecule has 1 aromatic rings. The molecule has 1 unspecified atom stereocenters. The van der Waals surface area contributed by atoms with Gasteiger partial charge in [0.05, 0.1) is 6.54 Å². The van der Waals surface area contributed by atoms with E-state index in [1.165, 1.54) is 0 Å². The van der Waals surface area contributed by atoms with E-state index in [2.05, 4.69) is 15.2 Å². The van der Waals surface area contributed by atoms with Crippen LogP contribution in [0.3, 0.4) is 0 Å². The quantitative estimate of drug-likeness (QED) is 0.734. The van der Waals surface area contributed by atoms with Crippen LogP contribution < -0.4 is 11.1 Å². The fourth-order valence-corrected chi connectivity index (χ4v) is 1.92. The standard InChI is InChI=1S/C13H25N5O/c1-10(2)16-13(19)7-11(8-14)18(4)9-12-15-5-6-17(12)3/h5-6,10-11H,7-9,14H2,1-4H3,(H,16,19). The zero-order valence-corrected chi connectivity index (χ0v) is 12.3. The number of nitrogens with zero attached hydrogens (tertiary/aromatic N) is 3. The van der Waals surface area contributed by atoms with Crippen LogP contribution in [0.15, 0.2) is 12.4 Å². The van der Waals surface area contributed by atoms with Crippen LogP contribution in [0, 0.1) is 0 Å². The molecule has 0 bridgehead atoms. The molecule has 0 spiro atoms. The molecule has 0 saturated carbocycles. The Bertz CT molecular complexity index is 401. The lowest BCUT2D eigenvalue weighted by molar-refractivity contribution is -0.122. The summed E-state index contributed by atoms with van der Waals surface area (Å²) in [5.74, 6) is 1.00. The van der Waals surface area contributed by atoms with Crippen molar-refractivity contribution in [2.45, 2.75) is 38.9 Å². The molecule has 0 aliphatic carbocycles. The molecule has 0 aliphatic heterocycles. The number of hydrogen-bond donors (Lipinski definition) is 2. The lowest BCUT2D eigenvalue weighted by atomic mass is 10.1. The minimum absolute atomic E-state index is 0.0236. The Morgan fingerprint density at radius 2 is 2.26 bits per heavy atom. The van der Waals surface area contributed by atoms with Gasteiger partial charge in [0.15, 0.2) is 0 Å². The Balaban J connectivity index is 2.54. The van der Waals surface area contributed by atoms with Crippen molar-refractivity contribution in [3.8, 4) is 0 Å². The summed E-state index contributed by atoms with van der Waals surface area (Å²) in [6.07, 6.45) is 4.09. The number of amides is 1. The van der Waals surface area contributed by atoms with Crippen LogP contribution in [-0.2, 0) is 18.4 Å². The maximum Gasteiger partial charge on any atom is 0.221 e. The molecule has 1 heterocycles. The molecule has 0 fully saturated rings. The highest BCUT2D eigenvalue weighted by atomic mass is 16.1. The first-order valence-corrected chi connectivity index (χ1v) is 6.60. The van der Waals surface area contributed by atoms with Gasteiger partial charge >= 0.3 is 0 Å². The highest BCUT2D eigenvalue weighted by Gasteiger charge is 2.18. The summed E-state index contributed by atoms with van der Waals surface area (Å²) >= 11 is 0. The zero-order valence-electron chi connectivity index (χ0n) is 12.3. The minimum atomic E-state index is 0.0236. The van der Waals surface area contributed by atoms with Gasteiger partial charge in [-0.15, -0.1) is 0 Å². The van der Waals surface area contributed by atoms with E-state index in [0.29, 0.717) is 19.5 Å². The molecule has 0 saturated heterocycles. The fourth-order valence-electron chi connectivity index (χ4n) is 1.92. The number of aromatic nitrogens is 2. The van der Waals surface area contributed by atoms with Crippen LogP contribution in [0.4, 0.5) is 0 Å². The zero-order chi connectivity index (χ0) is 14.4. The van der Waals surface area contributed by atoms with E-state index in [0.717, 1.165) is 5.82 Å². The average Bonchev–Trinajstić information content (AvgIpc) is 2.71. The first-order valence-electron chi connectivity index (χ1n) is 6.60. The Hall–Kier alpha value is -1.40. The first kappa shape index (κ1) is 15.7. The first-order chi connectivity index (χ1) is 8.93. The summed E-state index contributed by atoms with van der Waals surface area (Å²) < 4.78 is 1.97. The molecule has 1 amide bonds. The van der Waals surface area contributed by atoms with Gasteiger partial charge in [-0.05, 0) is 20.9 Å². The second-order valence-electron chi connectivity index (χ2n) is 5.19. The average molecular weight is 267 g/mol. The molecule has 3 N–H and O–H groups in total. The van der Waals surface area contributed by atoms with Crippen LogP contribution >= 0.6 is 0 Å². The van der Waals surface area contributed by atoms with Crippen LogP contribution in [-0.4, -0.2) is 46.0 Å². The summed E-state index contributed by atoms with van der Waals surface area (Å²) in [5, 5.41) is 2.89. The second-order valence-corrected chi connectivity index (χ2v) is 5.19. The van der Waals surface area contributed by atoms with Crippen molar-refractivity contribution in [3.05, 3.63) is 18.2 Å². The molecule has 0 aliphatic rings. The monoisotopic (exact) mass is 267 g/mol. The summed E-state index contributed by atoms with van der Waals surface area (Å²) in [6.45, 7) is 5.03. The van der Waals surface area contributed by atoms with Crippen LogP contribution in [0.1, 0.15) is 26.1 Å². The number of rotatable bonds is 7. The lowest BCUT2D eigenvalue weighted by Gasteiger charge is -2.26. The predicted octanol–water partition coefficient (Wildman–Crippen LogP) is 0.0939. The van der Waals surface area contributed by atoms with Gasteiger partial charge in [0.2, 0.25) is 5.91 Å². The molecule has 108 valence electrons. The largest absolute Gasteiger partial charge is 0.354 e. The van der Waals surface area contributed by atoms with Crippen molar-refractivity contribution in [1.82, 2.24) is 19.8 Å². The van der Waals surface area contributed by atoms with E-state index in [1.807, 2.05) is 38.7 Å². The molecule has 6 nitrogen and oxygen atoms in total. The van der Waals surface area contributed by atoms with Crippen LogP contribution in [0.2, 0.25) is 0 Å². The van der Waals surface area contributed by atoms with Gasteiger partial charge in [0, 0.05) is 44.5 Å². The Morgan fingerprint density at radius 1 is 1.58 bits per heavy atom. The van der Waals surface area contributed by atoms with Gasteiger partial charge in [0.25, 0.3) is 0 Å². The lowest BCUT2D eigenvalue weighted by Crippen LogP contribution is -2.43. The van der Waals surface area contributed by atoms with Crippen molar-refractivity contribution in [1.29, 1.82) is 0 Å². The molecule has 0 radical (unpaired) electrons. The summed E-state index contributed by atoms with van der Waals surface area (Å²) in [4.78, 5) is 18.1. The highest BCUT2D eigenvalue weighted by molar-refractivity contribution is 5.76. The highest BCUT2D eigenvalue weighted by Crippen LogP contribution is 2.06. The van der Waals surface area contributed by atoms with Crippen molar-refractivity contribution in [2.75, 3.05) is 13.6 Å². The number of imidazole rings is 1. The van der Waals surface area contributed by atoms with E-state index in [4.69, 9.17) is 5.73 Å². The smallest absolute Gasteiger partial charge is 0.221 e. The minimum Gasteiger partial charge on any atom is -0.354 e. The normalized spacial score (nSPS) is 13.0. The summed E-state index contributed by atoms with van der Waals surface area (Å²) in [5.41, 5.74) is 5.77. The number of carbonyl (C=O) groups is 1.